The molecule has 1 saturated carbocycles. The maximum atomic E-state index is 11.8. The normalized spacial score (nSPS) is 21.1. The molecule has 0 saturated heterocycles. The number of aliphatic hydroxyl groups excluding tert-OH is 1. The van der Waals surface area contributed by atoms with Crippen molar-refractivity contribution in [2.75, 3.05) is 12.4 Å². The molecule has 1 rings (SSSR count). The molecule has 0 radical (unpaired) electrons. The highest BCUT2D eigenvalue weighted by Gasteiger charge is 2.40. The number of nitrogens with one attached hydrogen (secondary N) is 1. The molecule has 4 nitrogen and oxygen atoms in total. The van der Waals surface area contributed by atoms with Crippen LogP contribution in [0.1, 0.15) is 40.0 Å². The van der Waals surface area contributed by atoms with Crippen LogP contribution in [-0.4, -0.2) is 31.4 Å². The van der Waals surface area contributed by atoms with E-state index in [9.17, 15) is 13.5 Å². The molecule has 0 aromatic rings. The Morgan fingerprint density at radius 3 is 2.13 bits per heavy atom. The van der Waals surface area contributed by atoms with Crippen LogP contribution in [0, 0.1) is 5.41 Å². The van der Waals surface area contributed by atoms with Crippen molar-refractivity contribution < 1.29 is 13.5 Å². The third-order valence-corrected chi connectivity index (χ3v) is 4.60. The van der Waals surface area contributed by atoms with Crippen molar-refractivity contribution in [3.05, 3.63) is 0 Å². The van der Waals surface area contributed by atoms with Gasteiger partial charge in [0.2, 0.25) is 10.0 Å². The van der Waals surface area contributed by atoms with Crippen LogP contribution >= 0.6 is 0 Å². The Balaban J connectivity index is 2.64. The molecule has 0 aromatic carbocycles. The minimum atomic E-state index is -3.28. The zero-order chi connectivity index (χ0) is 11.7. The first-order valence-corrected chi connectivity index (χ1v) is 6.96. The van der Waals surface area contributed by atoms with Crippen LogP contribution in [0.15, 0.2) is 0 Å². The number of hydrogen-bond acceptors (Lipinski definition) is 3. The van der Waals surface area contributed by atoms with E-state index in [0.717, 1.165) is 19.3 Å². The lowest BCUT2D eigenvalue weighted by atomic mass is 9.78. The van der Waals surface area contributed by atoms with Gasteiger partial charge in [-0.2, -0.15) is 0 Å². The Hall–Kier alpha value is -0.130. The zero-order valence-electron chi connectivity index (χ0n) is 9.71. The largest absolute Gasteiger partial charge is 0.394 e. The van der Waals surface area contributed by atoms with E-state index in [2.05, 4.69) is 4.72 Å². The Labute approximate surface area is 92.1 Å². The predicted molar refractivity (Wildman–Crippen MR) is 60.0 cm³/mol. The Bertz CT molecular complexity index is 307. The smallest absolute Gasteiger partial charge is 0.212 e. The molecular formula is C10H21NO3S. The van der Waals surface area contributed by atoms with Crippen molar-refractivity contribution in [3.8, 4) is 0 Å². The molecule has 0 unspecified atom stereocenters. The minimum absolute atomic E-state index is 0.0990. The summed E-state index contributed by atoms with van der Waals surface area (Å²) in [6.07, 6.45) is 2.47. The number of aliphatic hydroxyl groups is 1. The van der Waals surface area contributed by atoms with Gasteiger partial charge in [-0.1, -0.05) is 20.8 Å². The molecule has 90 valence electrons. The molecular weight excluding hydrogens is 214 g/mol. The summed E-state index contributed by atoms with van der Waals surface area (Å²) in [7, 11) is -3.28. The van der Waals surface area contributed by atoms with E-state index in [4.69, 9.17) is 0 Å². The molecule has 0 aromatic heterocycles. The van der Waals surface area contributed by atoms with Gasteiger partial charge in [0.15, 0.2) is 0 Å². The monoisotopic (exact) mass is 235 g/mol. The third-order valence-electron chi connectivity index (χ3n) is 2.61. The predicted octanol–water partition coefficient (Wildman–Crippen LogP) is 0.867. The highest BCUT2D eigenvalue weighted by Crippen LogP contribution is 2.32. The third kappa shape index (κ3) is 3.74. The molecule has 0 spiro atoms. The van der Waals surface area contributed by atoms with E-state index in [0.29, 0.717) is 0 Å². The average Bonchev–Trinajstić information content (AvgIpc) is 1.92. The number of sulfonamides is 1. The number of rotatable bonds is 4. The summed E-state index contributed by atoms with van der Waals surface area (Å²) in [5, 5.41) is 9.17. The van der Waals surface area contributed by atoms with Crippen molar-refractivity contribution in [1.29, 1.82) is 0 Å². The van der Waals surface area contributed by atoms with Gasteiger partial charge in [0.25, 0.3) is 0 Å². The van der Waals surface area contributed by atoms with Crippen LogP contribution in [0.5, 0.6) is 0 Å². The standard InChI is InChI=1S/C10H21NO3S/c1-9(2,3)8-15(13,14)11-10(7-12)5-4-6-10/h11-12H,4-8H2,1-3H3. The summed E-state index contributed by atoms with van der Waals surface area (Å²) >= 11 is 0. The van der Waals surface area contributed by atoms with Crippen LogP contribution in [0.2, 0.25) is 0 Å². The second-order valence-electron chi connectivity index (χ2n) is 5.71. The Morgan fingerprint density at radius 1 is 1.33 bits per heavy atom. The molecule has 0 amide bonds. The van der Waals surface area contributed by atoms with Crippen LogP contribution in [-0.2, 0) is 10.0 Å². The van der Waals surface area contributed by atoms with Crippen molar-refractivity contribution in [3.63, 3.8) is 0 Å². The van der Waals surface area contributed by atoms with Crippen LogP contribution in [0.25, 0.3) is 0 Å². The van der Waals surface area contributed by atoms with Gasteiger partial charge < -0.3 is 5.11 Å². The van der Waals surface area contributed by atoms with Gasteiger partial charge in [-0.15, -0.1) is 0 Å². The van der Waals surface area contributed by atoms with Crippen molar-refractivity contribution in [2.45, 2.75) is 45.6 Å². The molecule has 2 N–H and O–H groups in total. The summed E-state index contributed by atoms with van der Waals surface area (Å²) in [6.45, 7) is 5.56. The first-order valence-electron chi connectivity index (χ1n) is 5.31. The average molecular weight is 235 g/mol. The molecule has 1 fully saturated rings. The fourth-order valence-corrected chi connectivity index (χ4v) is 3.97. The van der Waals surface area contributed by atoms with Crippen molar-refractivity contribution in [2.24, 2.45) is 5.41 Å². The summed E-state index contributed by atoms with van der Waals surface area (Å²) in [5.41, 5.74) is -0.823. The fourth-order valence-electron chi connectivity index (χ4n) is 1.83. The van der Waals surface area contributed by atoms with Gasteiger partial charge in [-0.3, -0.25) is 0 Å². The maximum Gasteiger partial charge on any atom is 0.212 e. The van der Waals surface area contributed by atoms with Gasteiger partial charge in [-0.25, -0.2) is 13.1 Å². The lowest BCUT2D eigenvalue weighted by Gasteiger charge is -2.41. The molecule has 15 heavy (non-hydrogen) atoms. The lowest BCUT2D eigenvalue weighted by Crippen LogP contribution is -2.57. The highest BCUT2D eigenvalue weighted by molar-refractivity contribution is 7.89. The van der Waals surface area contributed by atoms with Crippen molar-refractivity contribution in [1.82, 2.24) is 4.72 Å². The van der Waals surface area contributed by atoms with E-state index in [1.54, 1.807) is 0 Å². The van der Waals surface area contributed by atoms with Crippen LogP contribution in [0.4, 0.5) is 0 Å². The van der Waals surface area contributed by atoms with E-state index in [1.807, 2.05) is 20.8 Å². The first-order chi connectivity index (χ1) is 6.68. The molecule has 0 atom stereocenters. The van der Waals surface area contributed by atoms with Gasteiger partial charge in [-0.05, 0) is 24.7 Å². The molecule has 1 aliphatic carbocycles. The van der Waals surface area contributed by atoms with Crippen molar-refractivity contribution >= 4 is 10.0 Å². The first kappa shape index (κ1) is 12.9. The van der Waals surface area contributed by atoms with Crippen LogP contribution < -0.4 is 4.72 Å². The SMILES string of the molecule is CC(C)(C)CS(=O)(=O)NC1(CO)CCC1. The summed E-state index contributed by atoms with van der Waals surface area (Å²) in [6, 6.07) is 0. The quantitative estimate of drug-likeness (QED) is 0.759. The molecule has 0 heterocycles. The molecule has 5 heteroatoms. The zero-order valence-corrected chi connectivity index (χ0v) is 10.5. The second-order valence-corrected chi connectivity index (χ2v) is 7.44. The summed E-state index contributed by atoms with van der Waals surface area (Å²) < 4.78 is 26.2. The summed E-state index contributed by atoms with van der Waals surface area (Å²) in [5.74, 6) is 0.0990. The molecule has 0 aliphatic heterocycles. The lowest BCUT2D eigenvalue weighted by molar-refractivity contribution is 0.110. The highest BCUT2D eigenvalue weighted by atomic mass is 32.2. The van der Waals surface area contributed by atoms with E-state index in [1.165, 1.54) is 0 Å². The van der Waals surface area contributed by atoms with E-state index >= 15 is 0 Å². The topological polar surface area (TPSA) is 66.4 Å². The van der Waals surface area contributed by atoms with E-state index < -0.39 is 15.6 Å². The molecule has 1 aliphatic rings. The molecule has 0 bridgehead atoms. The Morgan fingerprint density at radius 2 is 1.87 bits per heavy atom. The minimum Gasteiger partial charge on any atom is -0.394 e. The van der Waals surface area contributed by atoms with Gasteiger partial charge >= 0.3 is 0 Å². The number of hydrogen-bond donors (Lipinski definition) is 2. The van der Waals surface area contributed by atoms with Gasteiger partial charge in [0.05, 0.1) is 17.9 Å². The van der Waals surface area contributed by atoms with Gasteiger partial charge in [0.1, 0.15) is 0 Å². The fraction of sp³-hybridized carbons (Fsp3) is 1.00. The summed E-state index contributed by atoms with van der Waals surface area (Å²) in [4.78, 5) is 0. The van der Waals surface area contributed by atoms with Crippen LogP contribution in [0.3, 0.4) is 0 Å². The van der Waals surface area contributed by atoms with E-state index in [-0.39, 0.29) is 17.8 Å². The second kappa shape index (κ2) is 4.03. The maximum absolute atomic E-state index is 11.8. The van der Waals surface area contributed by atoms with Gasteiger partial charge in [0, 0.05) is 0 Å². The Kier molecular flexibility index (Phi) is 3.48.